The van der Waals surface area contributed by atoms with Crippen molar-refractivity contribution >= 4 is 56.5 Å². The van der Waals surface area contributed by atoms with E-state index in [2.05, 4.69) is 43.8 Å². The van der Waals surface area contributed by atoms with E-state index < -0.39 is 6.03 Å². The van der Waals surface area contributed by atoms with Crippen LogP contribution in [0.4, 0.5) is 4.79 Å². The van der Waals surface area contributed by atoms with Crippen LogP contribution >= 0.6 is 38.5 Å². The van der Waals surface area contributed by atoms with Gasteiger partial charge < -0.3 is 10.1 Å². The Bertz CT molecular complexity index is 1190. The van der Waals surface area contributed by atoms with Crippen LogP contribution in [-0.2, 0) is 17.9 Å². The number of halogens is 2. The van der Waals surface area contributed by atoms with Gasteiger partial charge in [-0.25, -0.2) is 4.79 Å². The number of urea groups is 1. The Kier molecular flexibility index (Phi) is 6.95. The summed E-state index contributed by atoms with van der Waals surface area (Å²) in [5.41, 5.74) is 4.14. The van der Waals surface area contributed by atoms with Crippen LogP contribution in [0.1, 0.15) is 22.3 Å². The first-order chi connectivity index (χ1) is 15.4. The average molecular weight is 603 g/mol. The number of rotatable bonds is 6. The van der Waals surface area contributed by atoms with E-state index in [9.17, 15) is 9.59 Å². The lowest BCUT2D eigenvalue weighted by Gasteiger charge is -2.12. The molecular weight excluding hydrogens is 583 g/mol. The van der Waals surface area contributed by atoms with Gasteiger partial charge in [0, 0.05) is 3.57 Å². The number of carbonyl (C=O) groups is 2. The number of hydrogen-bond donors (Lipinski definition) is 1. The van der Waals surface area contributed by atoms with Crippen molar-refractivity contribution in [1.29, 1.82) is 0 Å². The van der Waals surface area contributed by atoms with Crippen LogP contribution in [-0.4, -0.2) is 16.8 Å². The third-order valence-electron chi connectivity index (χ3n) is 5.00. The number of imide groups is 1. The summed E-state index contributed by atoms with van der Waals surface area (Å²) in [7, 11) is 0. The summed E-state index contributed by atoms with van der Waals surface area (Å²) < 4.78 is 7.85. The number of nitrogens with one attached hydrogen (secondary N) is 1. The number of nitrogens with zero attached hydrogens (tertiary/aromatic N) is 1. The fourth-order valence-electron chi connectivity index (χ4n) is 3.22. The molecule has 1 N–H and O–H groups in total. The van der Waals surface area contributed by atoms with Crippen LogP contribution in [0.15, 0.2) is 76.9 Å². The van der Waals surface area contributed by atoms with Crippen molar-refractivity contribution in [1.82, 2.24) is 10.2 Å². The van der Waals surface area contributed by atoms with Gasteiger partial charge in [-0.15, -0.1) is 0 Å². The zero-order chi connectivity index (χ0) is 22.7. The van der Waals surface area contributed by atoms with Crippen LogP contribution in [0.3, 0.4) is 0 Å². The smallest absolute Gasteiger partial charge is 0.329 e. The molecule has 0 aliphatic carbocycles. The van der Waals surface area contributed by atoms with Gasteiger partial charge in [-0.2, -0.15) is 0 Å². The predicted molar refractivity (Wildman–Crippen MR) is 136 cm³/mol. The van der Waals surface area contributed by atoms with E-state index in [-0.39, 0.29) is 18.1 Å². The molecule has 1 saturated heterocycles. The minimum atomic E-state index is -0.418. The van der Waals surface area contributed by atoms with E-state index in [0.29, 0.717) is 12.4 Å². The van der Waals surface area contributed by atoms with Gasteiger partial charge >= 0.3 is 6.03 Å². The van der Waals surface area contributed by atoms with Crippen molar-refractivity contribution in [3.8, 4) is 5.75 Å². The van der Waals surface area contributed by atoms with Crippen molar-refractivity contribution in [2.75, 3.05) is 0 Å². The zero-order valence-corrected chi connectivity index (χ0v) is 21.0. The highest BCUT2D eigenvalue weighted by molar-refractivity contribution is 14.1. The molecule has 3 amide bonds. The molecule has 4 rings (SSSR count). The van der Waals surface area contributed by atoms with Gasteiger partial charge in [-0.1, -0.05) is 48.0 Å². The Labute approximate surface area is 208 Å². The topological polar surface area (TPSA) is 58.6 Å². The van der Waals surface area contributed by atoms with Gasteiger partial charge in [0.25, 0.3) is 5.91 Å². The molecule has 1 heterocycles. The fourth-order valence-corrected chi connectivity index (χ4v) is 4.09. The number of hydrogen-bond acceptors (Lipinski definition) is 3. The molecule has 3 aromatic rings. The molecule has 0 bridgehead atoms. The number of aryl methyl sites for hydroxylation is 1. The molecule has 0 saturated carbocycles. The summed E-state index contributed by atoms with van der Waals surface area (Å²) in [6.45, 7) is 2.69. The third-order valence-corrected chi connectivity index (χ3v) is 6.34. The number of amides is 3. The van der Waals surface area contributed by atoms with Crippen molar-refractivity contribution in [2.24, 2.45) is 0 Å². The van der Waals surface area contributed by atoms with Crippen LogP contribution < -0.4 is 10.1 Å². The maximum absolute atomic E-state index is 12.8. The summed E-state index contributed by atoms with van der Waals surface area (Å²) in [6, 6.07) is 21.0. The van der Waals surface area contributed by atoms with E-state index in [1.165, 1.54) is 8.47 Å². The maximum Gasteiger partial charge on any atom is 0.329 e. The van der Waals surface area contributed by atoms with E-state index in [4.69, 9.17) is 4.74 Å². The molecule has 7 heteroatoms. The van der Waals surface area contributed by atoms with Gasteiger partial charge in [0.1, 0.15) is 18.1 Å². The standard InChI is InChI=1S/C25H20BrIN2O3/c1-16-2-4-17(5-3-16)14-29-24(30)22(28-25(29)31)13-19-8-11-23(21(26)12-19)32-15-18-6-9-20(27)10-7-18/h2-13H,14-15H2,1H3,(H,28,31)/b22-13+. The second-order valence-corrected chi connectivity index (χ2v) is 9.57. The Morgan fingerprint density at radius 1 is 1.00 bits per heavy atom. The summed E-state index contributed by atoms with van der Waals surface area (Å²) in [5.74, 6) is 0.360. The molecule has 1 fully saturated rings. The quantitative estimate of drug-likeness (QED) is 0.213. The molecule has 0 spiro atoms. The largest absolute Gasteiger partial charge is 0.488 e. The lowest BCUT2D eigenvalue weighted by Crippen LogP contribution is -2.30. The molecule has 0 aromatic heterocycles. The van der Waals surface area contributed by atoms with Crippen molar-refractivity contribution < 1.29 is 14.3 Å². The summed E-state index contributed by atoms with van der Waals surface area (Å²) in [5, 5.41) is 2.67. The molecular formula is C25H20BrIN2O3. The highest BCUT2D eigenvalue weighted by Crippen LogP contribution is 2.28. The molecule has 0 atom stereocenters. The van der Waals surface area contributed by atoms with E-state index >= 15 is 0 Å². The molecule has 1 aliphatic rings. The molecule has 3 aromatic carbocycles. The highest BCUT2D eigenvalue weighted by atomic mass is 127. The summed E-state index contributed by atoms with van der Waals surface area (Å²) in [4.78, 5) is 26.3. The second-order valence-electron chi connectivity index (χ2n) is 7.47. The van der Waals surface area contributed by atoms with Crippen LogP contribution in [0.5, 0.6) is 5.75 Å². The lowest BCUT2D eigenvalue weighted by atomic mass is 10.1. The summed E-state index contributed by atoms with van der Waals surface area (Å²) in [6.07, 6.45) is 1.67. The fraction of sp³-hybridized carbons (Fsp3) is 0.120. The molecule has 1 aliphatic heterocycles. The van der Waals surface area contributed by atoms with Crippen molar-refractivity contribution in [2.45, 2.75) is 20.1 Å². The zero-order valence-electron chi connectivity index (χ0n) is 17.3. The van der Waals surface area contributed by atoms with Crippen molar-refractivity contribution in [3.05, 3.63) is 103 Å². The Morgan fingerprint density at radius 2 is 1.69 bits per heavy atom. The van der Waals surface area contributed by atoms with Crippen molar-refractivity contribution in [3.63, 3.8) is 0 Å². The van der Waals surface area contributed by atoms with E-state index in [0.717, 1.165) is 26.7 Å². The average Bonchev–Trinajstić information content (AvgIpc) is 3.03. The molecule has 0 radical (unpaired) electrons. The minimum Gasteiger partial charge on any atom is -0.488 e. The molecule has 32 heavy (non-hydrogen) atoms. The predicted octanol–water partition coefficient (Wildman–Crippen LogP) is 6.03. The number of ether oxygens (including phenoxy) is 1. The first kappa shape index (κ1) is 22.5. The van der Waals surface area contributed by atoms with Gasteiger partial charge in [0.05, 0.1) is 11.0 Å². The third kappa shape index (κ3) is 5.39. The first-order valence-electron chi connectivity index (χ1n) is 9.96. The van der Waals surface area contributed by atoms with Gasteiger partial charge in [-0.05, 0) is 92.5 Å². The van der Waals surface area contributed by atoms with Crippen LogP contribution in [0, 0.1) is 10.5 Å². The molecule has 5 nitrogen and oxygen atoms in total. The lowest BCUT2D eigenvalue weighted by molar-refractivity contribution is -0.123. The number of benzene rings is 3. The normalized spacial score (nSPS) is 14.7. The van der Waals surface area contributed by atoms with Gasteiger partial charge in [0.15, 0.2) is 0 Å². The van der Waals surface area contributed by atoms with Crippen LogP contribution in [0.2, 0.25) is 0 Å². The van der Waals surface area contributed by atoms with E-state index in [1.54, 1.807) is 6.08 Å². The maximum atomic E-state index is 12.8. The Morgan fingerprint density at radius 3 is 2.38 bits per heavy atom. The highest BCUT2D eigenvalue weighted by Gasteiger charge is 2.33. The number of carbonyl (C=O) groups excluding carboxylic acids is 2. The van der Waals surface area contributed by atoms with E-state index in [1.807, 2.05) is 73.7 Å². The second kappa shape index (κ2) is 9.87. The minimum absolute atomic E-state index is 0.233. The Balaban J connectivity index is 1.44. The van der Waals surface area contributed by atoms with Gasteiger partial charge in [0.2, 0.25) is 0 Å². The monoisotopic (exact) mass is 602 g/mol. The molecule has 0 unspecified atom stereocenters. The SMILES string of the molecule is Cc1ccc(CN2C(=O)N/C(=C/c3ccc(OCc4ccc(I)cc4)c(Br)c3)C2=O)cc1. The molecule has 162 valence electrons. The first-order valence-corrected chi connectivity index (χ1v) is 11.8. The van der Waals surface area contributed by atoms with Crippen LogP contribution in [0.25, 0.3) is 6.08 Å². The Hall–Kier alpha value is -2.65. The summed E-state index contributed by atoms with van der Waals surface area (Å²) >= 11 is 5.80. The van der Waals surface area contributed by atoms with Gasteiger partial charge in [-0.3, -0.25) is 9.69 Å².